The number of pyridine rings is 1. The molecule has 92 valence electrons. The second kappa shape index (κ2) is 3.41. The van der Waals surface area contributed by atoms with Crippen molar-refractivity contribution in [3.8, 4) is 5.88 Å². The standard InChI is InChI=1S/C14H9N3O2/c1-19-14-8-3-5-10-12-9(15-6-16-10)4-2-7(11(8)12)13(18)17-14/h2-6H,1H3,(H,17,18). The highest BCUT2D eigenvalue weighted by atomic mass is 16.5. The van der Waals surface area contributed by atoms with Crippen molar-refractivity contribution in [2.75, 3.05) is 7.11 Å². The number of ether oxygens (including phenoxy) is 1. The molecule has 2 aromatic carbocycles. The fourth-order valence-electron chi connectivity index (χ4n) is 2.61. The highest BCUT2D eigenvalue weighted by Gasteiger charge is 2.14. The van der Waals surface area contributed by atoms with Crippen LogP contribution in [0.4, 0.5) is 0 Å². The number of methoxy groups -OCH3 is 1. The first kappa shape index (κ1) is 10.3. The van der Waals surface area contributed by atoms with Crippen molar-refractivity contribution in [1.29, 1.82) is 0 Å². The zero-order chi connectivity index (χ0) is 13.0. The van der Waals surface area contributed by atoms with Crippen LogP contribution in [0.15, 0.2) is 35.4 Å². The van der Waals surface area contributed by atoms with E-state index in [0.717, 1.165) is 27.2 Å². The first-order chi connectivity index (χ1) is 9.29. The maximum atomic E-state index is 12.1. The average Bonchev–Trinajstić information content (AvgIpc) is 2.46. The van der Waals surface area contributed by atoms with Crippen molar-refractivity contribution < 1.29 is 4.74 Å². The molecule has 0 bridgehead atoms. The van der Waals surface area contributed by atoms with Gasteiger partial charge in [-0.3, -0.25) is 9.78 Å². The molecule has 1 N–H and O–H groups in total. The van der Waals surface area contributed by atoms with Gasteiger partial charge in [-0.25, -0.2) is 9.97 Å². The van der Waals surface area contributed by atoms with E-state index in [2.05, 4.69) is 15.0 Å². The Hall–Kier alpha value is -2.69. The van der Waals surface area contributed by atoms with E-state index in [0.29, 0.717) is 11.3 Å². The van der Waals surface area contributed by atoms with Gasteiger partial charge in [0.1, 0.15) is 6.33 Å². The van der Waals surface area contributed by atoms with Crippen LogP contribution >= 0.6 is 0 Å². The molecule has 0 radical (unpaired) electrons. The van der Waals surface area contributed by atoms with E-state index < -0.39 is 0 Å². The Balaban J connectivity index is 2.45. The zero-order valence-electron chi connectivity index (χ0n) is 10.1. The largest absolute Gasteiger partial charge is 0.482 e. The SMILES string of the molecule is COc1[nH]c(=O)c2ccc3ncnc4ccc1c2c43. The van der Waals surface area contributed by atoms with Gasteiger partial charge in [-0.2, -0.15) is 0 Å². The van der Waals surface area contributed by atoms with Crippen LogP contribution in [0, 0.1) is 0 Å². The van der Waals surface area contributed by atoms with E-state index in [9.17, 15) is 4.79 Å². The molecule has 0 saturated carbocycles. The highest BCUT2D eigenvalue weighted by Crippen LogP contribution is 2.34. The smallest absolute Gasteiger partial charge is 0.258 e. The van der Waals surface area contributed by atoms with Crippen molar-refractivity contribution in [3.63, 3.8) is 0 Å². The van der Waals surface area contributed by atoms with Crippen LogP contribution in [0.1, 0.15) is 0 Å². The lowest BCUT2D eigenvalue weighted by atomic mass is 10.0. The van der Waals surface area contributed by atoms with Crippen LogP contribution in [0.3, 0.4) is 0 Å². The molecule has 19 heavy (non-hydrogen) atoms. The van der Waals surface area contributed by atoms with Crippen molar-refractivity contribution >= 4 is 32.6 Å². The molecular formula is C14H9N3O2. The van der Waals surface area contributed by atoms with E-state index in [1.54, 1.807) is 13.2 Å². The molecule has 5 heteroatoms. The molecule has 2 aromatic heterocycles. The molecule has 0 atom stereocenters. The lowest BCUT2D eigenvalue weighted by Crippen LogP contribution is -2.09. The number of hydrogen-bond donors (Lipinski definition) is 1. The summed E-state index contributed by atoms with van der Waals surface area (Å²) in [6.45, 7) is 0. The minimum Gasteiger partial charge on any atom is -0.482 e. The Morgan fingerprint density at radius 2 is 1.68 bits per heavy atom. The maximum Gasteiger partial charge on any atom is 0.258 e. The molecule has 0 amide bonds. The molecule has 0 fully saturated rings. The number of rotatable bonds is 1. The predicted octanol–water partition coefficient (Wildman–Crippen LogP) is 2.07. The van der Waals surface area contributed by atoms with E-state index in [-0.39, 0.29) is 5.56 Å². The normalized spacial score (nSPS) is 11.6. The molecule has 5 nitrogen and oxygen atoms in total. The Labute approximate surface area is 107 Å². The van der Waals surface area contributed by atoms with Gasteiger partial charge in [0.25, 0.3) is 5.56 Å². The molecule has 0 aliphatic carbocycles. The fraction of sp³-hybridized carbons (Fsp3) is 0.0714. The first-order valence-corrected chi connectivity index (χ1v) is 5.85. The number of H-pyrrole nitrogens is 1. The first-order valence-electron chi connectivity index (χ1n) is 5.85. The van der Waals surface area contributed by atoms with Gasteiger partial charge in [-0.05, 0) is 24.3 Å². The third kappa shape index (κ3) is 1.21. The summed E-state index contributed by atoms with van der Waals surface area (Å²) in [6, 6.07) is 7.45. The van der Waals surface area contributed by atoms with Crippen LogP contribution in [-0.4, -0.2) is 22.1 Å². The van der Waals surface area contributed by atoms with Crippen LogP contribution in [0.2, 0.25) is 0 Å². The molecule has 0 aliphatic rings. The quantitative estimate of drug-likeness (QED) is 0.526. The van der Waals surface area contributed by atoms with Crippen LogP contribution in [-0.2, 0) is 0 Å². The summed E-state index contributed by atoms with van der Waals surface area (Å²) >= 11 is 0. The second-order valence-corrected chi connectivity index (χ2v) is 4.38. The molecule has 4 aromatic rings. The average molecular weight is 251 g/mol. The molecule has 2 heterocycles. The molecule has 0 aliphatic heterocycles. The summed E-state index contributed by atoms with van der Waals surface area (Å²) in [5.41, 5.74) is 1.49. The zero-order valence-corrected chi connectivity index (χ0v) is 10.1. The minimum atomic E-state index is -0.164. The van der Waals surface area contributed by atoms with Gasteiger partial charge in [0.2, 0.25) is 5.88 Å². The number of aromatic amines is 1. The lowest BCUT2D eigenvalue weighted by molar-refractivity contribution is 0.402. The highest BCUT2D eigenvalue weighted by molar-refractivity contribution is 6.21. The van der Waals surface area contributed by atoms with Gasteiger partial charge < -0.3 is 4.74 Å². The Morgan fingerprint density at radius 1 is 1.00 bits per heavy atom. The third-order valence-electron chi connectivity index (χ3n) is 3.43. The van der Waals surface area contributed by atoms with Crippen LogP contribution in [0.25, 0.3) is 32.6 Å². The third-order valence-corrected chi connectivity index (χ3v) is 3.43. The molecule has 4 rings (SSSR count). The molecule has 0 saturated heterocycles. The summed E-state index contributed by atoms with van der Waals surface area (Å²) in [5, 5.41) is 3.26. The number of hydrogen-bond acceptors (Lipinski definition) is 4. The van der Waals surface area contributed by atoms with E-state index >= 15 is 0 Å². The Morgan fingerprint density at radius 3 is 2.37 bits per heavy atom. The van der Waals surface area contributed by atoms with Gasteiger partial charge in [-0.1, -0.05) is 0 Å². The van der Waals surface area contributed by atoms with E-state index in [1.165, 1.54) is 6.33 Å². The van der Waals surface area contributed by atoms with Crippen LogP contribution in [0.5, 0.6) is 5.88 Å². The van der Waals surface area contributed by atoms with Gasteiger partial charge in [0, 0.05) is 21.5 Å². The monoisotopic (exact) mass is 251 g/mol. The minimum absolute atomic E-state index is 0.164. The van der Waals surface area contributed by atoms with Crippen molar-refractivity contribution in [2.24, 2.45) is 0 Å². The summed E-state index contributed by atoms with van der Waals surface area (Å²) in [5.74, 6) is 0.468. The maximum absolute atomic E-state index is 12.1. The van der Waals surface area contributed by atoms with Gasteiger partial charge in [0.05, 0.1) is 18.1 Å². The summed E-state index contributed by atoms with van der Waals surface area (Å²) in [6.07, 6.45) is 1.53. The van der Waals surface area contributed by atoms with Crippen molar-refractivity contribution in [1.82, 2.24) is 15.0 Å². The number of nitrogens with zero attached hydrogens (tertiary/aromatic N) is 2. The van der Waals surface area contributed by atoms with Crippen molar-refractivity contribution in [2.45, 2.75) is 0 Å². The molecule has 0 unspecified atom stereocenters. The predicted molar refractivity (Wildman–Crippen MR) is 72.9 cm³/mol. The van der Waals surface area contributed by atoms with E-state index in [1.807, 2.05) is 18.2 Å². The fourth-order valence-corrected chi connectivity index (χ4v) is 2.61. The molecule has 0 spiro atoms. The van der Waals surface area contributed by atoms with Gasteiger partial charge in [-0.15, -0.1) is 0 Å². The van der Waals surface area contributed by atoms with Crippen molar-refractivity contribution in [3.05, 3.63) is 40.9 Å². The number of benzene rings is 2. The number of nitrogens with one attached hydrogen (secondary N) is 1. The summed E-state index contributed by atoms with van der Waals surface area (Å²) in [7, 11) is 1.54. The molecular weight excluding hydrogens is 242 g/mol. The summed E-state index contributed by atoms with van der Waals surface area (Å²) in [4.78, 5) is 23.3. The topological polar surface area (TPSA) is 67.9 Å². The number of aromatic nitrogens is 3. The second-order valence-electron chi connectivity index (χ2n) is 4.38. The Bertz CT molecular complexity index is 959. The summed E-state index contributed by atoms with van der Waals surface area (Å²) < 4.78 is 5.26. The van der Waals surface area contributed by atoms with Gasteiger partial charge in [0.15, 0.2) is 0 Å². The Kier molecular flexibility index (Phi) is 1.84. The van der Waals surface area contributed by atoms with Crippen LogP contribution < -0.4 is 10.3 Å². The van der Waals surface area contributed by atoms with Gasteiger partial charge >= 0.3 is 0 Å². The van der Waals surface area contributed by atoms with E-state index in [4.69, 9.17) is 4.74 Å². The lowest BCUT2D eigenvalue weighted by Gasteiger charge is -2.11.